The maximum absolute atomic E-state index is 15.1. The Hall–Kier alpha value is -4.94. The summed E-state index contributed by atoms with van der Waals surface area (Å²) < 4.78 is 59.7. The van der Waals surface area contributed by atoms with Gasteiger partial charge in [0.15, 0.2) is 0 Å². The minimum atomic E-state index is -4.69. The van der Waals surface area contributed by atoms with Crippen LogP contribution in [0.15, 0.2) is 61.4 Å². The smallest absolute Gasteiger partial charge is 0.383 e. The quantitative estimate of drug-likeness (QED) is 0.222. The molecule has 9 nitrogen and oxygen atoms in total. The number of nitrogens with two attached hydrogens (primary N) is 1. The Morgan fingerprint density at radius 3 is 2.52 bits per heavy atom. The third-order valence-electron chi connectivity index (χ3n) is 6.66. The lowest BCUT2D eigenvalue weighted by atomic mass is 10.1. The van der Waals surface area contributed by atoms with E-state index in [0.29, 0.717) is 33.9 Å². The highest BCUT2D eigenvalue weighted by Crippen LogP contribution is 2.42. The maximum Gasteiger partial charge on any atom is 0.418 e. The van der Waals surface area contributed by atoms with E-state index in [1.807, 2.05) is 10.8 Å². The van der Waals surface area contributed by atoms with E-state index in [2.05, 4.69) is 25.6 Å². The molecular formula is C27H22F4N8O. The molecule has 3 heterocycles. The van der Waals surface area contributed by atoms with E-state index >= 15 is 4.39 Å². The Bertz CT molecular complexity index is 1770. The van der Waals surface area contributed by atoms with Gasteiger partial charge in [0.1, 0.15) is 23.6 Å². The Kier molecular flexibility index (Phi) is 5.93. The third-order valence-corrected chi connectivity index (χ3v) is 6.66. The van der Waals surface area contributed by atoms with E-state index in [1.54, 1.807) is 13.0 Å². The fraction of sp³-hybridized carbons (Fsp3) is 0.185. The highest BCUT2D eigenvalue weighted by Gasteiger charge is 2.34. The molecule has 204 valence electrons. The minimum absolute atomic E-state index is 0.120. The molecule has 2 aromatic carbocycles. The number of nitrogens with one attached hydrogen (secondary N) is 2. The van der Waals surface area contributed by atoms with Crippen molar-refractivity contribution in [2.45, 2.75) is 32.0 Å². The number of anilines is 3. The van der Waals surface area contributed by atoms with Crippen LogP contribution in [-0.4, -0.2) is 30.1 Å². The molecule has 0 aliphatic heterocycles. The Balaban J connectivity index is 1.24. The number of fused-ring (bicyclic) bond motifs is 1. The van der Waals surface area contributed by atoms with E-state index in [9.17, 15) is 18.0 Å². The first-order valence-electron chi connectivity index (χ1n) is 12.3. The van der Waals surface area contributed by atoms with E-state index < -0.39 is 23.6 Å². The van der Waals surface area contributed by atoms with Gasteiger partial charge in [-0.3, -0.25) is 0 Å². The fourth-order valence-electron chi connectivity index (χ4n) is 4.65. The number of benzene rings is 2. The van der Waals surface area contributed by atoms with Crippen LogP contribution in [0, 0.1) is 12.7 Å². The molecule has 13 heteroatoms. The number of amides is 2. The summed E-state index contributed by atoms with van der Waals surface area (Å²) in [6.07, 6.45) is 3.32. The SMILES string of the molecule is Cc1cn(-c2ccc(NC(=O)Nc3ccc(-c4cn(C5CC5)c5ncnc(N)c45)cc3F)cc2C(F)(F)F)cn1. The molecule has 0 atom stereocenters. The molecule has 40 heavy (non-hydrogen) atoms. The van der Waals surface area contributed by atoms with Crippen molar-refractivity contribution in [3.8, 4) is 16.8 Å². The first-order valence-corrected chi connectivity index (χ1v) is 12.3. The van der Waals surface area contributed by atoms with Crippen molar-refractivity contribution in [1.29, 1.82) is 0 Å². The molecule has 4 N–H and O–H groups in total. The molecule has 0 spiro atoms. The second kappa shape index (κ2) is 9.36. The molecule has 5 aromatic rings. The van der Waals surface area contributed by atoms with Crippen LogP contribution in [0.25, 0.3) is 27.8 Å². The highest BCUT2D eigenvalue weighted by atomic mass is 19.4. The summed E-state index contributed by atoms with van der Waals surface area (Å²) >= 11 is 0. The monoisotopic (exact) mass is 550 g/mol. The molecule has 1 aliphatic carbocycles. The molecule has 0 radical (unpaired) electrons. The first-order chi connectivity index (χ1) is 19.1. The number of imidazole rings is 1. The van der Waals surface area contributed by atoms with E-state index in [-0.39, 0.29) is 22.9 Å². The number of urea groups is 1. The van der Waals surface area contributed by atoms with Crippen LogP contribution in [0.2, 0.25) is 0 Å². The van der Waals surface area contributed by atoms with Gasteiger partial charge in [0.05, 0.1) is 34.3 Å². The lowest BCUT2D eigenvalue weighted by Crippen LogP contribution is -2.21. The van der Waals surface area contributed by atoms with Crippen molar-refractivity contribution in [3.05, 3.63) is 78.5 Å². The minimum Gasteiger partial charge on any atom is -0.383 e. The number of hydrogen-bond acceptors (Lipinski definition) is 5. The van der Waals surface area contributed by atoms with Crippen molar-refractivity contribution >= 4 is 34.3 Å². The standard InChI is InChI=1S/C27H22F4N8O/c1-14-10-38(13-35-14)22-7-3-16(9-19(22)27(29,30)31)36-26(40)37-21-6-2-15(8-20(21)28)18-11-39(17-4-5-17)25-23(18)24(32)33-12-34-25/h2-3,6-13,17H,4-5H2,1H3,(H2,32,33,34)(H2,36,37,40). The van der Waals surface area contributed by atoms with Crippen molar-refractivity contribution in [2.24, 2.45) is 0 Å². The molecule has 1 aliphatic rings. The van der Waals surface area contributed by atoms with Crippen molar-refractivity contribution < 1.29 is 22.4 Å². The molecule has 0 bridgehead atoms. The maximum atomic E-state index is 15.1. The summed E-state index contributed by atoms with van der Waals surface area (Å²) in [6.45, 7) is 1.66. The number of hydrogen-bond donors (Lipinski definition) is 3. The summed E-state index contributed by atoms with van der Waals surface area (Å²) in [7, 11) is 0. The molecule has 0 unspecified atom stereocenters. The van der Waals surface area contributed by atoms with Crippen LogP contribution < -0.4 is 16.4 Å². The number of nitrogen functional groups attached to an aromatic ring is 1. The molecule has 6 rings (SSSR count). The van der Waals surface area contributed by atoms with Gasteiger partial charge in [-0.2, -0.15) is 13.2 Å². The second-order valence-electron chi connectivity index (χ2n) is 9.56. The molecular weight excluding hydrogens is 528 g/mol. The summed E-state index contributed by atoms with van der Waals surface area (Å²) in [4.78, 5) is 25.0. The van der Waals surface area contributed by atoms with E-state index in [0.717, 1.165) is 18.9 Å². The van der Waals surface area contributed by atoms with Crippen molar-refractivity contribution in [2.75, 3.05) is 16.4 Å². The molecule has 2 amide bonds. The van der Waals surface area contributed by atoms with Gasteiger partial charge in [0.25, 0.3) is 0 Å². The van der Waals surface area contributed by atoms with Gasteiger partial charge in [-0.1, -0.05) is 6.07 Å². The summed E-state index contributed by atoms with van der Waals surface area (Å²) in [6, 6.07) is 6.98. The van der Waals surface area contributed by atoms with Crippen LogP contribution >= 0.6 is 0 Å². The third kappa shape index (κ3) is 4.70. The van der Waals surface area contributed by atoms with Crippen LogP contribution in [-0.2, 0) is 6.18 Å². The Morgan fingerprint density at radius 1 is 1.05 bits per heavy atom. The molecule has 3 aromatic heterocycles. The van der Waals surface area contributed by atoms with Gasteiger partial charge < -0.3 is 25.5 Å². The van der Waals surface area contributed by atoms with Crippen LogP contribution in [0.3, 0.4) is 0 Å². The Labute approximate surface area is 224 Å². The van der Waals surface area contributed by atoms with Crippen LogP contribution in [0.4, 0.5) is 39.5 Å². The van der Waals surface area contributed by atoms with Gasteiger partial charge in [-0.25, -0.2) is 24.1 Å². The zero-order valence-electron chi connectivity index (χ0n) is 21.0. The van der Waals surface area contributed by atoms with Gasteiger partial charge in [0, 0.05) is 29.7 Å². The molecule has 1 saturated carbocycles. The zero-order valence-corrected chi connectivity index (χ0v) is 21.0. The van der Waals surface area contributed by atoms with Crippen LogP contribution in [0.5, 0.6) is 0 Å². The predicted molar refractivity (Wildman–Crippen MR) is 142 cm³/mol. The predicted octanol–water partition coefficient (Wildman–Crippen LogP) is 6.31. The second-order valence-corrected chi connectivity index (χ2v) is 9.56. The largest absolute Gasteiger partial charge is 0.418 e. The number of carbonyl (C=O) groups is 1. The fourth-order valence-corrected chi connectivity index (χ4v) is 4.65. The zero-order chi connectivity index (χ0) is 28.2. The lowest BCUT2D eigenvalue weighted by molar-refractivity contribution is -0.137. The first kappa shape index (κ1) is 25.3. The Morgan fingerprint density at radius 2 is 1.85 bits per heavy atom. The van der Waals surface area contributed by atoms with Gasteiger partial charge in [-0.05, 0) is 55.7 Å². The van der Waals surface area contributed by atoms with Crippen molar-refractivity contribution in [1.82, 2.24) is 24.1 Å². The topological polar surface area (TPSA) is 116 Å². The van der Waals surface area contributed by atoms with E-state index in [4.69, 9.17) is 5.73 Å². The lowest BCUT2D eigenvalue weighted by Gasteiger charge is -2.16. The van der Waals surface area contributed by atoms with E-state index in [1.165, 1.54) is 47.7 Å². The number of aromatic nitrogens is 5. The highest BCUT2D eigenvalue weighted by molar-refractivity contribution is 6.02. The number of nitrogens with zero attached hydrogens (tertiary/aromatic N) is 5. The van der Waals surface area contributed by atoms with Gasteiger partial charge in [0.2, 0.25) is 0 Å². The number of rotatable bonds is 5. The van der Waals surface area contributed by atoms with Gasteiger partial charge >= 0.3 is 12.2 Å². The molecule has 0 saturated heterocycles. The normalized spacial score (nSPS) is 13.5. The van der Waals surface area contributed by atoms with Gasteiger partial charge in [-0.15, -0.1) is 0 Å². The van der Waals surface area contributed by atoms with Crippen LogP contribution in [0.1, 0.15) is 30.1 Å². The average Bonchev–Trinajstić information content (AvgIpc) is 3.53. The summed E-state index contributed by atoms with van der Waals surface area (Å²) in [5.74, 6) is -0.467. The number of alkyl halides is 3. The van der Waals surface area contributed by atoms with Crippen molar-refractivity contribution in [3.63, 3.8) is 0 Å². The summed E-state index contributed by atoms with van der Waals surface area (Å²) in [5.41, 5.74) is 7.11. The average molecular weight is 551 g/mol. The number of aryl methyl sites for hydroxylation is 1. The molecule has 1 fully saturated rings. The number of carbonyl (C=O) groups excluding carboxylic acids is 1. The summed E-state index contributed by atoms with van der Waals surface area (Å²) in [5, 5.41) is 5.30. The number of halogens is 4.